The molecule has 6 heteroatoms. The Balaban J connectivity index is 1.95. The monoisotopic (exact) mass is 307 g/mol. The molecule has 4 nitrogen and oxygen atoms in total. The van der Waals surface area contributed by atoms with Gasteiger partial charge < -0.3 is 5.32 Å². The number of anilines is 2. The number of hydrogen-bond acceptors (Lipinski definition) is 6. The average molecular weight is 307 g/mol. The van der Waals surface area contributed by atoms with E-state index in [1.807, 2.05) is 6.07 Å². The van der Waals surface area contributed by atoms with Crippen molar-refractivity contribution in [3.63, 3.8) is 0 Å². The summed E-state index contributed by atoms with van der Waals surface area (Å²) in [5, 5.41) is 12.3. The maximum atomic E-state index is 10.9. The molecule has 0 radical (unpaired) electrons. The second-order valence-corrected chi connectivity index (χ2v) is 6.92. The van der Waals surface area contributed by atoms with Crippen LogP contribution in [0.25, 0.3) is 0 Å². The number of hydrogen-bond donors (Lipinski definition) is 1. The van der Waals surface area contributed by atoms with Gasteiger partial charge in [0.05, 0.1) is 0 Å². The molecule has 0 atom stereocenters. The van der Waals surface area contributed by atoms with Crippen LogP contribution in [0, 0.1) is 13.8 Å². The number of thioether (sulfide) groups is 1. The van der Waals surface area contributed by atoms with E-state index in [0.717, 1.165) is 20.9 Å². The third-order valence-electron chi connectivity index (χ3n) is 2.84. The van der Waals surface area contributed by atoms with Crippen LogP contribution in [0.2, 0.25) is 0 Å². The third-order valence-corrected chi connectivity index (χ3v) is 4.82. The Labute approximate surface area is 127 Å². The number of aromatic nitrogens is 2. The number of carbonyl (C=O) groups excluding carboxylic acids is 1. The van der Waals surface area contributed by atoms with Crippen molar-refractivity contribution >= 4 is 39.7 Å². The second-order valence-electron chi connectivity index (χ2n) is 4.60. The molecule has 2 aromatic rings. The van der Waals surface area contributed by atoms with Crippen molar-refractivity contribution in [2.75, 3.05) is 11.1 Å². The predicted molar refractivity (Wildman–Crippen MR) is 85.1 cm³/mol. The number of ketones is 1. The van der Waals surface area contributed by atoms with E-state index in [0.29, 0.717) is 6.42 Å². The minimum absolute atomic E-state index is 0.204. The zero-order valence-electron chi connectivity index (χ0n) is 11.8. The van der Waals surface area contributed by atoms with Gasteiger partial charge in [-0.05, 0) is 44.0 Å². The second kappa shape index (κ2) is 6.85. The van der Waals surface area contributed by atoms with Gasteiger partial charge in [0.1, 0.15) is 5.78 Å². The summed E-state index contributed by atoms with van der Waals surface area (Å²) >= 11 is 3.08. The molecule has 1 aromatic heterocycles. The fourth-order valence-electron chi connectivity index (χ4n) is 1.54. The number of carbonyl (C=O) groups is 1. The summed E-state index contributed by atoms with van der Waals surface area (Å²) in [6.07, 6.45) is 0.574. The highest BCUT2D eigenvalue weighted by Crippen LogP contribution is 2.28. The van der Waals surface area contributed by atoms with Crippen LogP contribution < -0.4 is 5.32 Å². The first-order valence-corrected chi connectivity index (χ1v) is 8.15. The Hall–Kier alpha value is -1.40. The Morgan fingerprint density at radius 3 is 2.80 bits per heavy atom. The van der Waals surface area contributed by atoms with Gasteiger partial charge in [0.2, 0.25) is 5.13 Å². The van der Waals surface area contributed by atoms with Crippen LogP contribution in [-0.2, 0) is 4.79 Å². The molecule has 0 aliphatic heterocycles. The number of Topliss-reactive ketones (excluding diaryl/α,β-unsaturated/α-hetero) is 1. The molecule has 0 spiro atoms. The molecule has 0 saturated carbocycles. The molecule has 2 rings (SSSR count). The normalized spacial score (nSPS) is 10.6. The van der Waals surface area contributed by atoms with Crippen LogP contribution in [-0.4, -0.2) is 21.7 Å². The zero-order valence-corrected chi connectivity index (χ0v) is 13.4. The fourth-order valence-corrected chi connectivity index (χ4v) is 3.43. The molecule has 0 bridgehead atoms. The molecule has 0 amide bonds. The van der Waals surface area contributed by atoms with Crippen molar-refractivity contribution in [2.45, 2.75) is 31.5 Å². The number of nitrogens with zero attached hydrogens (tertiary/aromatic N) is 2. The molecule has 1 N–H and O–H groups in total. The SMILES string of the molecule is CC(=O)CCSc1nnc(Nc2ccc(C)c(C)c2)s1. The maximum absolute atomic E-state index is 10.9. The summed E-state index contributed by atoms with van der Waals surface area (Å²) in [7, 11) is 0. The zero-order chi connectivity index (χ0) is 14.5. The fraction of sp³-hybridized carbons (Fsp3) is 0.357. The standard InChI is InChI=1S/C14H17N3OS2/c1-9-4-5-12(8-10(9)2)15-13-16-17-14(20-13)19-7-6-11(3)18/h4-5,8H,6-7H2,1-3H3,(H,15,16). The van der Waals surface area contributed by atoms with Crippen LogP contribution in [0.3, 0.4) is 0 Å². The van der Waals surface area contributed by atoms with E-state index in [9.17, 15) is 4.79 Å². The van der Waals surface area contributed by atoms with E-state index in [1.165, 1.54) is 22.5 Å². The van der Waals surface area contributed by atoms with E-state index in [4.69, 9.17) is 0 Å². The summed E-state index contributed by atoms with van der Waals surface area (Å²) in [6, 6.07) is 6.22. The molecular weight excluding hydrogens is 290 g/mol. The van der Waals surface area contributed by atoms with E-state index in [1.54, 1.807) is 18.7 Å². The number of rotatable bonds is 6. The lowest BCUT2D eigenvalue weighted by atomic mass is 10.1. The molecule has 0 saturated heterocycles. The molecule has 20 heavy (non-hydrogen) atoms. The topological polar surface area (TPSA) is 54.9 Å². The van der Waals surface area contributed by atoms with Gasteiger partial charge in [0.15, 0.2) is 4.34 Å². The van der Waals surface area contributed by atoms with Crippen LogP contribution >= 0.6 is 23.1 Å². The van der Waals surface area contributed by atoms with E-state index in [-0.39, 0.29) is 5.78 Å². The molecule has 106 valence electrons. The molecule has 1 heterocycles. The van der Waals surface area contributed by atoms with E-state index < -0.39 is 0 Å². The van der Waals surface area contributed by atoms with Gasteiger partial charge in [-0.2, -0.15) is 0 Å². The number of benzene rings is 1. The maximum Gasteiger partial charge on any atom is 0.210 e. The molecule has 0 unspecified atom stereocenters. The average Bonchev–Trinajstić information content (AvgIpc) is 2.81. The predicted octanol–water partition coefficient (Wildman–Crippen LogP) is 3.97. The van der Waals surface area contributed by atoms with Gasteiger partial charge in [-0.15, -0.1) is 10.2 Å². The Morgan fingerprint density at radius 1 is 1.30 bits per heavy atom. The summed E-state index contributed by atoms with van der Waals surface area (Å²) < 4.78 is 0.887. The minimum atomic E-state index is 0.204. The molecule has 1 aromatic carbocycles. The first kappa shape index (κ1) is 15.0. The third kappa shape index (κ3) is 4.31. The highest BCUT2D eigenvalue weighted by Gasteiger charge is 2.06. The van der Waals surface area contributed by atoms with Gasteiger partial charge in [-0.1, -0.05) is 29.2 Å². The lowest BCUT2D eigenvalue weighted by Crippen LogP contribution is -1.91. The van der Waals surface area contributed by atoms with Gasteiger partial charge >= 0.3 is 0 Å². The summed E-state index contributed by atoms with van der Waals surface area (Å²) in [5.74, 6) is 0.962. The van der Waals surface area contributed by atoms with Crippen LogP contribution in [0.1, 0.15) is 24.5 Å². The van der Waals surface area contributed by atoms with Gasteiger partial charge in [0, 0.05) is 17.9 Å². The molecule has 0 aliphatic rings. The largest absolute Gasteiger partial charge is 0.330 e. The first-order valence-electron chi connectivity index (χ1n) is 6.34. The summed E-state index contributed by atoms with van der Waals surface area (Å²) in [5.41, 5.74) is 3.54. The Bertz CT molecular complexity index is 610. The van der Waals surface area contributed by atoms with Gasteiger partial charge in [-0.3, -0.25) is 4.79 Å². The first-order chi connectivity index (χ1) is 9.54. The van der Waals surface area contributed by atoms with Crippen molar-refractivity contribution in [1.29, 1.82) is 0 Å². The van der Waals surface area contributed by atoms with Crippen molar-refractivity contribution in [3.05, 3.63) is 29.3 Å². The Morgan fingerprint density at radius 2 is 2.10 bits per heavy atom. The van der Waals surface area contributed by atoms with Gasteiger partial charge in [0.25, 0.3) is 0 Å². The quantitative estimate of drug-likeness (QED) is 0.818. The smallest absolute Gasteiger partial charge is 0.210 e. The van der Waals surface area contributed by atoms with Crippen LogP contribution in [0.5, 0.6) is 0 Å². The molecular formula is C14H17N3OS2. The highest BCUT2D eigenvalue weighted by molar-refractivity contribution is 8.01. The highest BCUT2D eigenvalue weighted by atomic mass is 32.2. The van der Waals surface area contributed by atoms with E-state index in [2.05, 4.69) is 41.5 Å². The number of nitrogens with one attached hydrogen (secondary N) is 1. The summed E-state index contributed by atoms with van der Waals surface area (Å²) in [6.45, 7) is 5.78. The van der Waals surface area contributed by atoms with E-state index >= 15 is 0 Å². The van der Waals surface area contributed by atoms with Crippen molar-refractivity contribution in [2.24, 2.45) is 0 Å². The molecule has 0 fully saturated rings. The van der Waals surface area contributed by atoms with Crippen molar-refractivity contribution in [3.8, 4) is 0 Å². The van der Waals surface area contributed by atoms with Crippen LogP contribution in [0.4, 0.5) is 10.8 Å². The van der Waals surface area contributed by atoms with Gasteiger partial charge in [-0.25, -0.2) is 0 Å². The van der Waals surface area contributed by atoms with Crippen molar-refractivity contribution in [1.82, 2.24) is 10.2 Å². The lowest BCUT2D eigenvalue weighted by molar-refractivity contribution is -0.116. The van der Waals surface area contributed by atoms with Crippen LogP contribution in [0.15, 0.2) is 22.5 Å². The number of aryl methyl sites for hydroxylation is 2. The van der Waals surface area contributed by atoms with Crippen molar-refractivity contribution < 1.29 is 4.79 Å². The minimum Gasteiger partial charge on any atom is -0.330 e. The Kier molecular flexibility index (Phi) is 5.14. The molecule has 0 aliphatic carbocycles. The lowest BCUT2D eigenvalue weighted by Gasteiger charge is -2.05. The summed E-state index contributed by atoms with van der Waals surface area (Å²) in [4.78, 5) is 10.9.